The van der Waals surface area contributed by atoms with Crippen molar-refractivity contribution in [3.05, 3.63) is 0 Å². The molecule has 0 radical (unpaired) electrons. The smallest absolute Gasteiger partial charge is 0.281 e. The number of hydrogen-bond acceptors (Lipinski definition) is 3. The van der Waals surface area contributed by atoms with Gasteiger partial charge in [0.2, 0.25) is 0 Å². The van der Waals surface area contributed by atoms with Gasteiger partial charge in [0, 0.05) is 32.7 Å². The zero-order chi connectivity index (χ0) is 12.2. The highest BCUT2D eigenvalue weighted by atomic mass is 35.5. The summed E-state index contributed by atoms with van der Waals surface area (Å²) in [6, 6.07) is 0.160. The van der Waals surface area contributed by atoms with Gasteiger partial charge in [-0.1, -0.05) is 13.3 Å². The molecule has 0 saturated carbocycles. The summed E-state index contributed by atoms with van der Waals surface area (Å²) in [6.07, 6.45) is 3.44. The van der Waals surface area contributed by atoms with E-state index in [4.69, 9.17) is 5.73 Å². The van der Waals surface area contributed by atoms with E-state index >= 15 is 0 Å². The Morgan fingerprint density at radius 1 is 1.35 bits per heavy atom. The van der Waals surface area contributed by atoms with Gasteiger partial charge in [-0.3, -0.25) is 0 Å². The molecule has 1 fully saturated rings. The van der Waals surface area contributed by atoms with Crippen LogP contribution in [0, 0.1) is 0 Å². The summed E-state index contributed by atoms with van der Waals surface area (Å²) >= 11 is 0. The van der Waals surface area contributed by atoms with Gasteiger partial charge in [-0.25, -0.2) is 0 Å². The van der Waals surface area contributed by atoms with E-state index in [2.05, 4.69) is 6.92 Å². The van der Waals surface area contributed by atoms with Gasteiger partial charge < -0.3 is 5.73 Å². The van der Waals surface area contributed by atoms with Crippen LogP contribution in [-0.2, 0) is 10.2 Å². The molecule has 17 heavy (non-hydrogen) atoms. The van der Waals surface area contributed by atoms with Crippen LogP contribution in [0.4, 0.5) is 0 Å². The normalized spacial score (nSPS) is 19.3. The molecule has 7 heteroatoms. The van der Waals surface area contributed by atoms with E-state index in [9.17, 15) is 8.42 Å². The SMILES string of the molecule is CCCCN(C)S(=O)(=O)N1CCC(N)CC1.Cl. The molecule has 1 rings (SSSR count). The highest BCUT2D eigenvalue weighted by Crippen LogP contribution is 2.15. The lowest BCUT2D eigenvalue weighted by Crippen LogP contribution is -2.48. The van der Waals surface area contributed by atoms with E-state index in [0.29, 0.717) is 19.6 Å². The quantitative estimate of drug-likeness (QED) is 0.813. The highest BCUT2D eigenvalue weighted by Gasteiger charge is 2.29. The van der Waals surface area contributed by atoms with Gasteiger partial charge in [0.15, 0.2) is 0 Å². The van der Waals surface area contributed by atoms with E-state index in [1.807, 2.05) is 0 Å². The molecule has 0 amide bonds. The molecule has 0 aliphatic carbocycles. The molecule has 0 spiro atoms. The molecule has 0 aromatic heterocycles. The van der Waals surface area contributed by atoms with E-state index in [1.165, 1.54) is 4.31 Å². The third-order valence-corrected chi connectivity index (χ3v) is 5.03. The number of piperidine rings is 1. The fraction of sp³-hybridized carbons (Fsp3) is 1.00. The average Bonchev–Trinajstić information content (AvgIpc) is 2.26. The van der Waals surface area contributed by atoms with Gasteiger partial charge in [0.1, 0.15) is 0 Å². The largest absolute Gasteiger partial charge is 0.328 e. The number of hydrogen-bond donors (Lipinski definition) is 1. The summed E-state index contributed by atoms with van der Waals surface area (Å²) in [4.78, 5) is 0. The maximum atomic E-state index is 12.1. The molecular formula is C10H24ClN3O2S. The van der Waals surface area contributed by atoms with Gasteiger partial charge >= 0.3 is 0 Å². The predicted molar refractivity (Wildman–Crippen MR) is 72.5 cm³/mol. The molecule has 0 aromatic carbocycles. The Labute approximate surface area is 111 Å². The number of nitrogens with zero attached hydrogens (tertiary/aromatic N) is 2. The molecule has 0 unspecified atom stereocenters. The van der Waals surface area contributed by atoms with Crippen LogP contribution in [0.2, 0.25) is 0 Å². The number of rotatable bonds is 5. The third-order valence-electron chi connectivity index (χ3n) is 3.05. The first kappa shape index (κ1) is 17.1. The summed E-state index contributed by atoms with van der Waals surface area (Å²) in [7, 11) is -1.59. The van der Waals surface area contributed by atoms with Crippen molar-refractivity contribution in [3.8, 4) is 0 Å². The topological polar surface area (TPSA) is 66.6 Å². The van der Waals surface area contributed by atoms with Crippen molar-refractivity contribution in [2.24, 2.45) is 5.73 Å². The summed E-state index contributed by atoms with van der Waals surface area (Å²) in [5.74, 6) is 0. The van der Waals surface area contributed by atoms with Crippen LogP contribution in [0.15, 0.2) is 0 Å². The van der Waals surface area contributed by atoms with Crippen LogP contribution in [-0.4, -0.2) is 49.8 Å². The second kappa shape index (κ2) is 7.53. The van der Waals surface area contributed by atoms with Crippen molar-refractivity contribution in [1.82, 2.24) is 8.61 Å². The average molecular weight is 286 g/mol. The molecule has 0 bridgehead atoms. The maximum absolute atomic E-state index is 12.1. The second-order valence-corrected chi connectivity index (χ2v) is 6.45. The molecule has 1 heterocycles. The summed E-state index contributed by atoms with van der Waals surface area (Å²) in [5, 5.41) is 0. The minimum Gasteiger partial charge on any atom is -0.328 e. The lowest BCUT2D eigenvalue weighted by Gasteiger charge is -2.32. The van der Waals surface area contributed by atoms with Crippen LogP contribution < -0.4 is 5.73 Å². The van der Waals surface area contributed by atoms with Crippen LogP contribution in [0.1, 0.15) is 32.6 Å². The van der Waals surface area contributed by atoms with Crippen molar-refractivity contribution in [2.45, 2.75) is 38.6 Å². The lowest BCUT2D eigenvalue weighted by molar-refractivity contribution is 0.295. The van der Waals surface area contributed by atoms with E-state index in [-0.39, 0.29) is 18.4 Å². The fourth-order valence-electron chi connectivity index (χ4n) is 1.80. The Morgan fingerprint density at radius 3 is 2.35 bits per heavy atom. The number of halogens is 1. The fourth-order valence-corrected chi connectivity index (χ4v) is 3.23. The van der Waals surface area contributed by atoms with Crippen molar-refractivity contribution >= 4 is 22.6 Å². The highest BCUT2D eigenvalue weighted by molar-refractivity contribution is 7.86. The first-order valence-corrected chi connectivity index (χ1v) is 7.35. The zero-order valence-electron chi connectivity index (χ0n) is 10.6. The minimum atomic E-state index is -3.25. The van der Waals surface area contributed by atoms with Crippen molar-refractivity contribution < 1.29 is 8.42 Å². The predicted octanol–water partition coefficient (Wildman–Crippen LogP) is 0.808. The summed E-state index contributed by atoms with van der Waals surface area (Å²) in [5.41, 5.74) is 5.76. The van der Waals surface area contributed by atoms with Gasteiger partial charge in [-0.2, -0.15) is 17.0 Å². The Kier molecular flexibility index (Phi) is 7.58. The Hall–Kier alpha value is 0.120. The minimum absolute atomic E-state index is 0. The summed E-state index contributed by atoms with van der Waals surface area (Å²) < 4.78 is 27.2. The lowest BCUT2D eigenvalue weighted by atomic mass is 10.1. The molecular weight excluding hydrogens is 262 g/mol. The van der Waals surface area contributed by atoms with E-state index in [0.717, 1.165) is 25.7 Å². The van der Waals surface area contributed by atoms with Crippen LogP contribution in [0.25, 0.3) is 0 Å². The van der Waals surface area contributed by atoms with Crippen molar-refractivity contribution in [3.63, 3.8) is 0 Å². The first-order valence-electron chi connectivity index (χ1n) is 5.95. The Balaban J connectivity index is 0.00000256. The molecule has 104 valence electrons. The van der Waals surface area contributed by atoms with E-state index < -0.39 is 10.2 Å². The molecule has 1 aliphatic rings. The van der Waals surface area contributed by atoms with Crippen LogP contribution in [0.3, 0.4) is 0 Å². The maximum Gasteiger partial charge on any atom is 0.281 e. The third kappa shape index (κ3) is 4.71. The first-order chi connectivity index (χ1) is 7.48. The molecule has 1 saturated heterocycles. The standard InChI is InChI=1S/C10H23N3O2S.ClH/c1-3-4-7-12(2)16(14,15)13-8-5-10(11)6-9-13;/h10H,3-9,11H2,1-2H3;1H. The molecule has 1 aliphatic heterocycles. The zero-order valence-corrected chi connectivity index (χ0v) is 12.3. The molecule has 0 atom stereocenters. The molecule has 2 N–H and O–H groups in total. The van der Waals surface area contributed by atoms with Gasteiger partial charge in [0.05, 0.1) is 0 Å². The monoisotopic (exact) mass is 285 g/mol. The van der Waals surface area contributed by atoms with Crippen molar-refractivity contribution in [2.75, 3.05) is 26.7 Å². The summed E-state index contributed by atoms with van der Waals surface area (Å²) in [6.45, 7) is 3.77. The number of unbranched alkanes of at least 4 members (excludes halogenated alkanes) is 1. The van der Waals surface area contributed by atoms with E-state index in [1.54, 1.807) is 11.4 Å². The van der Waals surface area contributed by atoms with Crippen LogP contribution in [0.5, 0.6) is 0 Å². The van der Waals surface area contributed by atoms with Gasteiger partial charge in [-0.15, -0.1) is 12.4 Å². The van der Waals surface area contributed by atoms with Gasteiger partial charge in [-0.05, 0) is 19.3 Å². The number of nitrogens with two attached hydrogens (primary N) is 1. The molecule has 0 aromatic rings. The van der Waals surface area contributed by atoms with Crippen LogP contribution >= 0.6 is 12.4 Å². The second-order valence-electron chi connectivity index (χ2n) is 4.42. The Bertz CT molecular complexity index is 303. The Morgan fingerprint density at radius 2 is 1.88 bits per heavy atom. The molecule has 5 nitrogen and oxygen atoms in total. The van der Waals surface area contributed by atoms with Crippen molar-refractivity contribution in [1.29, 1.82) is 0 Å². The van der Waals surface area contributed by atoms with Gasteiger partial charge in [0.25, 0.3) is 10.2 Å².